The zero-order valence-corrected chi connectivity index (χ0v) is 9.21. The predicted molar refractivity (Wildman–Crippen MR) is 55.0 cm³/mol. The van der Waals surface area contributed by atoms with Crippen molar-refractivity contribution in [1.82, 2.24) is 0 Å². The molecule has 0 saturated carbocycles. The number of ether oxygens (including phenoxy) is 3. The molecule has 4 heteroatoms. The van der Waals surface area contributed by atoms with Gasteiger partial charge in [-0.2, -0.15) is 0 Å². The summed E-state index contributed by atoms with van der Waals surface area (Å²) in [4.78, 5) is 0. The molecule has 0 radical (unpaired) electrons. The number of hydrogen-bond acceptors (Lipinski definition) is 3. The molecule has 0 saturated heterocycles. The number of allylic oxidation sites excluding steroid dienone is 4. The predicted octanol–water partition coefficient (Wildman–Crippen LogP) is 2.42. The number of methoxy groups -OCH3 is 2. The fourth-order valence-electron chi connectivity index (χ4n) is 1.12. The third kappa shape index (κ3) is 3.70. The minimum absolute atomic E-state index is 0.308. The second-order valence-electron chi connectivity index (χ2n) is 2.96. The van der Waals surface area contributed by atoms with Gasteiger partial charge in [0, 0.05) is 25.7 Å². The van der Waals surface area contributed by atoms with E-state index >= 15 is 0 Å². The van der Waals surface area contributed by atoms with Crippen molar-refractivity contribution in [3.05, 3.63) is 22.9 Å². The fourth-order valence-corrected chi connectivity index (χ4v) is 1.28. The van der Waals surface area contributed by atoms with Crippen LogP contribution in [0.2, 0.25) is 0 Å². The molecule has 0 bridgehead atoms. The summed E-state index contributed by atoms with van der Waals surface area (Å²) in [6.45, 7) is 0.407. The highest BCUT2D eigenvalue weighted by Gasteiger charge is 2.09. The van der Waals surface area contributed by atoms with Gasteiger partial charge in [-0.1, -0.05) is 11.6 Å². The van der Waals surface area contributed by atoms with E-state index in [0.717, 1.165) is 23.6 Å². The molecule has 0 fully saturated rings. The number of rotatable bonds is 5. The van der Waals surface area contributed by atoms with E-state index < -0.39 is 0 Å². The van der Waals surface area contributed by atoms with Crippen molar-refractivity contribution in [3.63, 3.8) is 0 Å². The second kappa shape index (κ2) is 6.06. The van der Waals surface area contributed by atoms with Crippen LogP contribution in [0, 0.1) is 0 Å². The molecule has 0 aromatic heterocycles. The molecule has 80 valence electrons. The standard InChI is InChI=1S/C10H15ClO3/c1-12-10(13-2)7-14-9-5-3-8(11)4-6-9/h3,5,10H,4,6-7H2,1-2H3. The number of hydrogen-bond donors (Lipinski definition) is 0. The highest BCUT2D eigenvalue weighted by Crippen LogP contribution is 2.21. The quantitative estimate of drug-likeness (QED) is 0.664. The lowest BCUT2D eigenvalue weighted by atomic mass is 10.1. The molecule has 1 aliphatic carbocycles. The van der Waals surface area contributed by atoms with Gasteiger partial charge in [0.25, 0.3) is 0 Å². The maximum Gasteiger partial charge on any atom is 0.191 e. The molecule has 1 aliphatic rings. The summed E-state index contributed by atoms with van der Waals surface area (Å²) < 4.78 is 15.5. The van der Waals surface area contributed by atoms with E-state index in [9.17, 15) is 0 Å². The van der Waals surface area contributed by atoms with Crippen molar-refractivity contribution < 1.29 is 14.2 Å². The Balaban J connectivity index is 2.31. The Morgan fingerprint density at radius 1 is 1.29 bits per heavy atom. The summed E-state index contributed by atoms with van der Waals surface area (Å²) in [5, 5.41) is 0.868. The van der Waals surface area contributed by atoms with E-state index in [1.807, 2.05) is 12.2 Å². The van der Waals surface area contributed by atoms with Gasteiger partial charge in [0.1, 0.15) is 6.61 Å². The fraction of sp³-hybridized carbons (Fsp3) is 0.600. The lowest BCUT2D eigenvalue weighted by Crippen LogP contribution is -2.20. The van der Waals surface area contributed by atoms with Gasteiger partial charge >= 0.3 is 0 Å². The molecule has 1 rings (SSSR count). The molecule has 0 amide bonds. The second-order valence-corrected chi connectivity index (χ2v) is 3.44. The van der Waals surface area contributed by atoms with E-state index in [4.69, 9.17) is 25.8 Å². The summed E-state index contributed by atoms with van der Waals surface area (Å²) in [5.74, 6) is 0.925. The van der Waals surface area contributed by atoms with Crippen LogP contribution in [0.1, 0.15) is 12.8 Å². The van der Waals surface area contributed by atoms with E-state index in [-0.39, 0.29) is 6.29 Å². The summed E-state index contributed by atoms with van der Waals surface area (Å²) in [7, 11) is 3.17. The average Bonchev–Trinajstić information content (AvgIpc) is 2.22. The summed E-state index contributed by atoms with van der Waals surface area (Å²) >= 11 is 5.81. The molecule has 0 aromatic carbocycles. The smallest absolute Gasteiger partial charge is 0.191 e. The van der Waals surface area contributed by atoms with Crippen molar-refractivity contribution in [2.45, 2.75) is 19.1 Å². The topological polar surface area (TPSA) is 27.7 Å². The van der Waals surface area contributed by atoms with Crippen LogP contribution in [0.4, 0.5) is 0 Å². The van der Waals surface area contributed by atoms with Gasteiger partial charge in [-0.25, -0.2) is 0 Å². The lowest BCUT2D eigenvalue weighted by molar-refractivity contribution is -0.132. The van der Waals surface area contributed by atoms with Crippen molar-refractivity contribution in [2.75, 3.05) is 20.8 Å². The molecule has 0 aromatic rings. The first-order chi connectivity index (χ1) is 6.76. The molecular weight excluding hydrogens is 204 g/mol. The van der Waals surface area contributed by atoms with Crippen LogP contribution in [0.25, 0.3) is 0 Å². The van der Waals surface area contributed by atoms with Gasteiger partial charge in [0.2, 0.25) is 0 Å². The summed E-state index contributed by atoms with van der Waals surface area (Å²) in [6.07, 6.45) is 5.12. The van der Waals surface area contributed by atoms with Crippen molar-refractivity contribution >= 4 is 11.6 Å². The minimum atomic E-state index is -0.308. The van der Waals surface area contributed by atoms with E-state index in [0.29, 0.717) is 6.61 Å². The Kier molecular flexibility index (Phi) is 5.01. The third-order valence-electron chi connectivity index (χ3n) is 1.99. The van der Waals surface area contributed by atoms with E-state index in [2.05, 4.69) is 0 Å². The van der Waals surface area contributed by atoms with Gasteiger partial charge in [-0.3, -0.25) is 0 Å². The molecule has 0 unspecified atom stereocenters. The molecule has 0 atom stereocenters. The summed E-state index contributed by atoms with van der Waals surface area (Å²) in [5.41, 5.74) is 0. The zero-order chi connectivity index (χ0) is 10.4. The van der Waals surface area contributed by atoms with Crippen LogP contribution in [-0.4, -0.2) is 27.1 Å². The first kappa shape index (κ1) is 11.6. The molecule has 0 spiro atoms. The maximum atomic E-state index is 5.81. The largest absolute Gasteiger partial charge is 0.493 e. The van der Waals surface area contributed by atoms with Gasteiger partial charge in [0.15, 0.2) is 6.29 Å². The lowest BCUT2D eigenvalue weighted by Gasteiger charge is -2.17. The average molecular weight is 219 g/mol. The first-order valence-electron chi connectivity index (χ1n) is 4.50. The van der Waals surface area contributed by atoms with Crippen molar-refractivity contribution in [2.24, 2.45) is 0 Å². The van der Waals surface area contributed by atoms with Crippen LogP contribution >= 0.6 is 11.6 Å². The molecule has 0 N–H and O–H groups in total. The van der Waals surface area contributed by atoms with Crippen molar-refractivity contribution in [3.8, 4) is 0 Å². The Hall–Kier alpha value is -0.510. The SMILES string of the molecule is COC(COC1=CC=C(Cl)CC1)OC. The Morgan fingerprint density at radius 3 is 2.50 bits per heavy atom. The summed E-state index contributed by atoms with van der Waals surface area (Å²) in [6, 6.07) is 0. The van der Waals surface area contributed by atoms with Gasteiger partial charge in [0.05, 0.1) is 5.76 Å². The minimum Gasteiger partial charge on any atom is -0.493 e. The van der Waals surface area contributed by atoms with Crippen LogP contribution in [0.5, 0.6) is 0 Å². The van der Waals surface area contributed by atoms with Gasteiger partial charge < -0.3 is 14.2 Å². The van der Waals surface area contributed by atoms with Gasteiger partial charge in [-0.05, 0) is 18.6 Å². The Labute approximate surface area is 89.3 Å². The molecular formula is C10H15ClO3. The maximum absolute atomic E-state index is 5.81. The highest BCUT2D eigenvalue weighted by atomic mass is 35.5. The van der Waals surface area contributed by atoms with Crippen molar-refractivity contribution in [1.29, 1.82) is 0 Å². The Morgan fingerprint density at radius 2 is 2.00 bits per heavy atom. The molecule has 14 heavy (non-hydrogen) atoms. The van der Waals surface area contributed by atoms with Gasteiger partial charge in [-0.15, -0.1) is 0 Å². The van der Waals surface area contributed by atoms with E-state index in [1.54, 1.807) is 14.2 Å². The highest BCUT2D eigenvalue weighted by molar-refractivity contribution is 6.29. The Bertz CT molecular complexity index is 232. The first-order valence-corrected chi connectivity index (χ1v) is 4.87. The zero-order valence-electron chi connectivity index (χ0n) is 8.46. The molecule has 0 aliphatic heterocycles. The van der Waals surface area contributed by atoms with Crippen LogP contribution in [-0.2, 0) is 14.2 Å². The number of halogens is 1. The monoisotopic (exact) mass is 218 g/mol. The third-order valence-corrected chi connectivity index (χ3v) is 2.31. The van der Waals surface area contributed by atoms with Crippen LogP contribution in [0.3, 0.4) is 0 Å². The molecule has 3 nitrogen and oxygen atoms in total. The normalized spacial score (nSPS) is 16.6. The van der Waals surface area contributed by atoms with Crippen LogP contribution < -0.4 is 0 Å². The van der Waals surface area contributed by atoms with E-state index in [1.165, 1.54) is 0 Å². The molecule has 0 heterocycles. The van der Waals surface area contributed by atoms with Crippen LogP contribution in [0.15, 0.2) is 22.9 Å².